The van der Waals surface area contributed by atoms with Gasteiger partial charge in [-0.1, -0.05) is 29.3 Å². The van der Waals surface area contributed by atoms with Gasteiger partial charge in [-0.05, 0) is 38.3 Å². The van der Waals surface area contributed by atoms with E-state index in [9.17, 15) is 4.79 Å². The fourth-order valence-electron chi connectivity index (χ4n) is 3.88. The monoisotopic (exact) mass is 376 g/mol. The van der Waals surface area contributed by atoms with Gasteiger partial charge in [0.25, 0.3) is 0 Å². The molecule has 1 fully saturated rings. The van der Waals surface area contributed by atoms with Crippen LogP contribution in [0.3, 0.4) is 0 Å². The van der Waals surface area contributed by atoms with Gasteiger partial charge in [-0.3, -0.25) is 9.48 Å². The van der Waals surface area contributed by atoms with Gasteiger partial charge in [0.2, 0.25) is 5.91 Å². The molecule has 0 aliphatic carbocycles. The zero-order valence-corrected chi connectivity index (χ0v) is 16.8. The van der Waals surface area contributed by atoms with E-state index in [1.54, 1.807) is 4.68 Å². The van der Waals surface area contributed by atoms with Crippen LogP contribution >= 0.6 is 12.4 Å². The van der Waals surface area contributed by atoms with E-state index in [1.807, 2.05) is 19.4 Å². The maximum absolute atomic E-state index is 12.8. The van der Waals surface area contributed by atoms with E-state index in [1.165, 1.54) is 16.7 Å². The highest BCUT2D eigenvalue weighted by molar-refractivity contribution is 5.85. The number of rotatable bonds is 5. The molecule has 2 heterocycles. The van der Waals surface area contributed by atoms with Crippen molar-refractivity contribution < 1.29 is 4.79 Å². The molecule has 0 radical (unpaired) electrons. The molecule has 1 aliphatic heterocycles. The number of amides is 1. The zero-order valence-electron chi connectivity index (χ0n) is 16.0. The molecular weight excluding hydrogens is 348 g/mol. The van der Waals surface area contributed by atoms with Crippen molar-refractivity contribution in [2.45, 2.75) is 39.2 Å². The summed E-state index contributed by atoms with van der Waals surface area (Å²) >= 11 is 0. The standard InChI is InChI=1S/C20H28N4O.ClH/c1-13-5-14(2)7-16(6-13)8-15(3)23-20(25)19-11-21-10-18(19)17-9-22-24(4)12-17;/h5-7,9,12,15,18-19,21H,8,10-11H2,1-4H3,(H,23,25);1H/t15?,18-,19+;/m1./s1. The Balaban J connectivity index is 0.00000243. The molecule has 0 spiro atoms. The van der Waals surface area contributed by atoms with Gasteiger partial charge in [-0.25, -0.2) is 0 Å². The average Bonchev–Trinajstić information content (AvgIpc) is 3.14. The molecule has 0 saturated carbocycles. The number of carbonyl (C=O) groups excluding carboxylic acids is 1. The molecule has 0 bridgehead atoms. The van der Waals surface area contributed by atoms with Crippen LogP contribution in [0.4, 0.5) is 0 Å². The zero-order chi connectivity index (χ0) is 18.0. The van der Waals surface area contributed by atoms with E-state index in [0.29, 0.717) is 0 Å². The van der Waals surface area contributed by atoms with Crippen molar-refractivity contribution in [3.63, 3.8) is 0 Å². The second-order valence-corrected chi connectivity index (χ2v) is 7.43. The Morgan fingerprint density at radius 1 is 1.31 bits per heavy atom. The molecule has 6 heteroatoms. The van der Waals surface area contributed by atoms with Gasteiger partial charge in [-0.2, -0.15) is 5.10 Å². The molecule has 5 nitrogen and oxygen atoms in total. The first-order valence-electron chi connectivity index (χ1n) is 8.99. The Morgan fingerprint density at radius 3 is 2.62 bits per heavy atom. The lowest BCUT2D eigenvalue weighted by atomic mass is 9.90. The van der Waals surface area contributed by atoms with Gasteiger partial charge in [0.05, 0.1) is 12.1 Å². The number of hydrogen-bond donors (Lipinski definition) is 2. The third kappa shape index (κ3) is 4.86. The summed E-state index contributed by atoms with van der Waals surface area (Å²) in [6.45, 7) is 7.86. The molecule has 1 aromatic heterocycles. The number of nitrogens with zero attached hydrogens (tertiary/aromatic N) is 2. The number of aryl methyl sites for hydroxylation is 3. The van der Waals surface area contributed by atoms with Gasteiger partial charge in [0.1, 0.15) is 0 Å². The third-order valence-corrected chi connectivity index (χ3v) is 4.92. The van der Waals surface area contributed by atoms with Gasteiger partial charge < -0.3 is 10.6 Å². The first-order chi connectivity index (χ1) is 11.9. The molecule has 1 amide bonds. The fraction of sp³-hybridized carbons (Fsp3) is 0.500. The minimum absolute atomic E-state index is 0. The molecule has 1 unspecified atom stereocenters. The van der Waals surface area contributed by atoms with Crippen LogP contribution in [-0.4, -0.2) is 34.8 Å². The van der Waals surface area contributed by atoms with Gasteiger partial charge in [0.15, 0.2) is 0 Å². The second kappa shape index (κ2) is 8.69. The van der Waals surface area contributed by atoms with Crippen LogP contribution in [-0.2, 0) is 18.3 Å². The molecule has 1 saturated heterocycles. The van der Waals surface area contributed by atoms with Crippen LogP contribution in [0.5, 0.6) is 0 Å². The number of aromatic nitrogens is 2. The summed E-state index contributed by atoms with van der Waals surface area (Å²) in [7, 11) is 1.91. The van der Waals surface area contributed by atoms with Crippen LogP contribution in [0.1, 0.15) is 35.1 Å². The van der Waals surface area contributed by atoms with E-state index in [-0.39, 0.29) is 36.2 Å². The normalized spacial score (nSPS) is 20.5. The van der Waals surface area contributed by atoms with Crippen molar-refractivity contribution in [2.24, 2.45) is 13.0 Å². The lowest BCUT2D eigenvalue weighted by molar-refractivity contribution is -0.125. The van der Waals surface area contributed by atoms with E-state index >= 15 is 0 Å². The minimum atomic E-state index is -0.0362. The van der Waals surface area contributed by atoms with Crippen molar-refractivity contribution in [1.82, 2.24) is 20.4 Å². The third-order valence-electron chi connectivity index (χ3n) is 4.92. The van der Waals surface area contributed by atoms with E-state index < -0.39 is 0 Å². The number of hydrogen-bond acceptors (Lipinski definition) is 3. The van der Waals surface area contributed by atoms with Crippen molar-refractivity contribution in [2.75, 3.05) is 13.1 Å². The lowest BCUT2D eigenvalue weighted by Gasteiger charge is -2.21. The molecule has 142 valence electrons. The lowest BCUT2D eigenvalue weighted by Crippen LogP contribution is -2.40. The minimum Gasteiger partial charge on any atom is -0.353 e. The highest BCUT2D eigenvalue weighted by Gasteiger charge is 2.35. The van der Waals surface area contributed by atoms with Crippen LogP contribution < -0.4 is 10.6 Å². The maximum atomic E-state index is 12.8. The maximum Gasteiger partial charge on any atom is 0.225 e. The molecule has 1 aromatic carbocycles. The van der Waals surface area contributed by atoms with Crippen molar-refractivity contribution in [3.8, 4) is 0 Å². The predicted octanol–water partition coefficient (Wildman–Crippen LogP) is 2.51. The molecule has 26 heavy (non-hydrogen) atoms. The van der Waals surface area contributed by atoms with E-state index in [4.69, 9.17) is 0 Å². The summed E-state index contributed by atoms with van der Waals surface area (Å²) in [6, 6.07) is 6.69. The van der Waals surface area contributed by atoms with E-state index in [0.717, 1.165) is 25.1 Å². The summed E-state index contributed by atoms with van der Waals surface area (Å²) in [5.74, 6) is 0.295. The number of benzene rings is 1. The van der Waals surface area contributed by atoms with Gasteiger partial charge >= 0.3 is 0 Å². The highest BCUT2D eigenvalue weighted by Crippen LogP contribution is 2.28. The van der Waals surface area contributed by atoms with Crippen molar-refractivity contribution in [3.05, 3.63) is 52.8 Å². The Bertz CT molecular complexity index is 738. The average molecular weight is 377 g/mol. The summed E-state index contributed by atoms with van der Waals surface area (Å²) in [5.41, 5.74) is 4.95. The Labute approximate surface area is 162 Å². The number of halogens is 1. The molecule has 2 aromatic rings. The fourth-order valence-corrected chi connectivity index (χ4v) is 3.88. The van der Waals surface area contributed by atoms with E-state index in [2.05, 4.69) is 54.7 Å². The smallest absolute Gasteiger partial charge is 0.225 e. The summed E-state index contributed by atoms with van der Waals surface area (Å²) < 4.78 is 1.80. The molecule has 3 atom stereocenters. The number of nitrogens with one attached hydrogen (secondary N) is 2. The Morgan fingerprint density at radius 2 is 2.00 bits per heavy atom. The topological polar surface area (TPSA) is 59.0 Å². The van der Waals surface area contributed by atoms with Crippen molar-refractivity contribution in [1.29, 1.82) is 0 Å². The number of carbonyl (C=O) groups is 1. The van der Waals surface area contributed by atoms with Gasteiger partial charge in [-0.15, -0.1) is 12.4 Å². The first kappa shape index (κ1) is 20.5. The second-order valence-electron chi connectivity index (χ2n) is 7.43. The first-order valence-corrected chi connectivity index (χ1v) is 8.99. The van der Waals surface area contributed by atoms with Crippen molar-refractivity contribution >= 4 is 18.3 Å². The Kier molecular flexibility index (Phi) is 6.84. The summed E-state index contributed by atoms with van der Waals surface area (Å²) in [5, 5.41) is 10.8. The largest absolute Gasteiger partial charge is 0.353 e. The van der Waals surface area contributed by atoms with Crippen LogP contribution in [0.2, 0.25) is 0 Å². The molecule has 2 N–H and O–H groups in total. The summed E-state index contributed by atoms with van der Waals surface area (Å²) in [4.78, 5) is 12.8. The van der Waals surface area contributed by atoms with Crippen LogP contribution in [0, 0.1) is 19.8 Å². The quantitative estimate of drug-likeness (QED) is 0.842. The SMILES string of the molecule is Cc1cc(C)cc(CC(C)NC(=O)[C@H]2CNC[C@@H]2c2cnn(C)c2)c1.Cl. The van der Waals surface area contributed by atoms with Gasteiger partial charge in [0, 0.05) is 38.3 Å². The molecule has 1 aliphatic rings. The molecule has 3 rings (SSSR count). The predicted molar refractivity (Wildman–Crippen MR) is 107 cm³/mol. The summed E-state index contributed by atoms with van der Waals surface area (Å²) in [6.07, 6.45) is 4.74. The van der Waals surface area contributed by atoms with Crippen LogP contribution in [0.25, 0.3) is 0 Å². The van der Waals surface area contributed by atoms with Crippen LogP contribution in [0.15, 0.2) is 30.6 Å². The highest BCUT2D eigenvalue weighted by atomic mass is 35.5. The molecular formula is C20H29ClN4O. The Hall–Kier alpha value is -1.85.